The maximum absolute atomic E-state index is 11.3. The molecule has 0 spiro atoms. The molecule has 86 valence electrons. The van der Waals surface area contributed by atoms with Crippen LogP contribution in [0.1, 0.15) is 19.3 Å². The first kappa shape index (κ1) is 13.5. The molecule has 0 fully saturated rings. The zero-order valence-corrected chi connectivity index (χ0v) is 9.03. The predicted octanol–water partition coefficient (Wildman–Crippen LogP) is 1.07. The molecule has 0 aliphatic heterocycles. The van der Waals surface area contributed by atoms with Crippen LogP contribution in [0.2, 0.25) is 0 Å². The molecule has 0 aromatic rings. The van der Waals surface area contributed by atoms with E-state index >= 15 is 0 Å². The van der Waals surface area contributed by atoms with Gasteiger partial charge < -0.3 is 15.3 Å². The normalized spacial score (nSPS) is 9.40. The Morgan fingerprint density at radius 1 is 1.53 bits per heavy atom. The molecule has 0 unspecified atom stereocenters. The Morgan fingerprint density at radius 2 is 2.20 bits per heavy atom. The summed E-state index contributed by atoms with van der Waals surface area (Å²) in [6, 6.07) is -0.178. The minimum absolute atomic E-state index is 0.0800. The number of hydrogen-bond donors (Lipinski definition) is 2. The van der Waals surface area contributed by atoms with Gasteiger partial charge in [-0.15, -0.1) is 6.58 Å². The van der Waals surface area contributed by atoms with Crippen molar-refractivity contribution in [2.24, 2.45) is 0 Å². The standard InChI is InChI=1S/C10H18N2O3/c1-3-4-8-12(2)10(15)11-7-5-6-9(13)14/h3H,1,4-8H2,2H3,(H,11,15)(H,13,14). The largest absolute Gasteiger partial charge is 0.481 e. The molecule has 0 rings (SSSR count). The highest BCUT2D eigenvalue weighted by Gasteiger charge is 2.06. The summed E-state index contributed by atoms with van der Waals surface area (Å²) < 4.78 is 0. The third-order valence-corrected chi connectivity index (χ3v) is 1.86. The average molecular weight is 214 g/mol. The van der Waals surface area contributed by atoms with E-state index in [0.717, 1.165) is 6.42 Å². The van der Waals surface area contributed by atoms with E-state index in [9.17, 15) is 9.59 Å². The summed E-state index contributed by atoms with van der Waals surface area (Å²) in [7, 11) is 1.69. The first-order valence-electron chi connectivity index (χ1n) is 4.89. The fourth-order valence-corrected chi connectivity index (χ4v) is 0.956. The van der Waals surface area contributed by atoms with Crippen LogP contribution in [0.4, 0.5) is 4.79 Å². The predicted molar refractivity (Wildman–Crippen MR) is 57.7 cm³/mol. The van der Waals surface area contributed by atoms with Gasteiger partial charge in [0.25, 0.3) is 0 Å². The van der Waals surface area contributed by atoms with Crippen LogP contribution in [-0.4, -0.2) is 42.1 Å². The Balaban J connectivity index is 3.55. The molecule has 2 amide bonds. The fourth-order valence-electron chi connectivity index (χ4n) is 0.956. The van der Waals surface area contributed by atoms with Crippen LogP contribution < -0.4 is 5.32 Å². The van der Waals surface area contributed by atoms with Crippen molar-refractivity contribution >= 4 is 12.0 Å². The van der Waals surface area contributed by atoms with Crippen molar-refractivity contribution in [1.82, 2.24) is 10.2 Å². The van der Waals surface area contributed by atoms with Crippen molar-refractivity contribution in [2.45, 2.75) is 19.3 Å². The number of rotatable bonds is 7. The summed E-state index contributed by atoms with van der Waals surface area (Å²) in [5, 5.41) is 11.0. The van der Waals surface area contributed by atoms with E-state index in [0.29, 0.717) is 19.5 Å². The number of aliphatic carboxylic acids is 1. The third kappa shape index (κ3) is 7.54. The molecule has 0 radical (unpaired) electrons. The molecule has 0 aromatic heterocycles. The molecular weight excluding hydrogens is 196 g/mol. The van der Waals surface area contributed by atoms with E-state index in [1.54, 1.807) is 18.0 Å². The van der Waals surface area contributed by atoms with E-state index in [1.807, 2.05) is 0 Å². The Morgan fingerprint density at radius 3 is 2.73 bits per heavy atom. The van der Waals surface area contributed by atoms with Gasteiger partial charge in [0.2, 0.25) is 0 Å². The molecule has 5 nitrogen and oxygen atoms in total. The lowest BCUT2D eigenvalue weighted by molar-refractivity contribution is -0.137. The van der Waals surface area contributed by atoms with Crippen LogP contribution in [0.5, 0.6) is 0 Å². The lowest BCUT2D eigenvalue weighted by Crippen LogP contribution is -2.38. The average Bonchev–Trinajstić information content (AvgIpc) is 2.20. The number of carbonyl (C=O) groups excluding carboxylic acids is 1. The van der Waals surface area contributed by atoms with Gasteiger partial charge in [0.15, 0.2) is 0 Å². The third-order valence-electron chi connectivity index (χ3n) is 1.86. The summed E-state index contributed by atoms with van der Waals surface area (Å²) in [6.45, 7) is 4.57. The molecule has 5 heteroatoms. The maximum Gasteiger partial charge on any atom is 0.317 e. The topological polar surface area (TPSA) is 69.6 Å². The number of nitrogens with one attached hydrogen (secondary N) is 1. The monoisotopic (exact) mass is 214 g/mol. The van der Waals surface area contributed by atoms with Gasteiger partial charge in [-0.25, -0.2) is 4.79 Å². The van der Waals surface area contributed by atoms with Crippen molar-refractivity contribution < 1.29 is 14.7 Å². The molecule has 2 N–H and O–H groups in total. The Bertz CT molecular complexity index is 229. The van der Waals surface area contributed by atoms with Crippen molar-refractivity contribution in [3.63, 3.8) is 0 Å². The van der Waals surface area contributed by atoms with E-state index < -0.39 is 5.97 Å². The second kappa shape index (κ2) is 7.84. The van der Waals surface area contributed by atoms with Crippen LogP contribution in [0.15, 0.2) is 12.7 Å². The lowest BCUT2D eigenvalue weighted by atomic mass is 10.3. The second-order valence-electron chi connectivity index (χ2n) is 3.23. The van der Waals surface area contributed by atoms with E-state index in [4.69, 9.17) is 5.11 Å². The highest BCUT2D eigenvalue weighted by Crippen LogP contribution is 1.91. The smallest absolute Gasteiger partial charge is 0.317 e. The Hall–Kier alpha value is -1.52. The van der Waals surface area contributed by atoms with Gasteiger partial charge in [0.05, 0.1) is 0 Å². The SMILES string of the molecule is C=CCCN(C)C(=O)NCCCC(=O)O. The summed E-state index contributed by atoms with van der Waals surface area (Å²) >= 11 is 0. The zero-order valence-electron chi connectivity index (χ0n) is 9.03. The highest BCUT2D eigenvalue weighted by atomic mass is 16.4. The van der Waals surface area contributed by atoms with Crippen LogP contribution >= 0.6 is 0 Å². The van der Waals surface area contributed by atoms with Gasteiger partial charge in [-0.1, -0.05) is 6.08 Å². The summed E-state index contributed by atoms with van der Waals surface area (Å²) in [5.41, 5.74) is 0. The summed E-state index contributed by atoms with van der Waals surface area (Å²) in [5.74, 6) is -0.843. The second-order valence-corrected chi connectivity index (χ2v) is 3.23. The van der Waals surface area contributed by atoms with Crippen molar-refractivity contribution in [3.8, 4) is 0 Å². The minimum Gasteiger partial charge on any atom is -0.481 e. The minimum atomic E-state index is -0.843. The van der Waals surface area contributed by atoms with Gasteiger partial charge in [-0.05, 0) is 12.8 Å². The van der Waals surface area contributed by atoms with Crippen LogP contribution in [0.25, 0.3) is 0 Å². The van der Waals surface area contributed by atoms with Gasteiger partial charge >= 0.3 is 12.0 Å². The van der Waals surface area contributed by atoms with Gasteiger partial charge in [-0.3, -0.25) is 4.79 Å². The van der Waals surface area contributed by atoms with E-state index in [-0.39, 0.29) is 12.5 Å². The molecule has 0 bridgehead atoms. The van der Waals surface area contributed by atoms with Crippen LogP contribution in [0.3, 0.4) is 0 Å². The number of nitrogens with zero attached hydrogens (tertiary/aromatic N) is 1. The fraction of sp³-hybridized carbons (Fsp3) is 0.600. The van der Waals surface area contributed by atoms with Gasteiger partial charge in [0, 0.05) is 26.6 Å². The molecule has 0 saturated carbocycles. The van der Waals surface area contributed by atoms with E-state index in [2.05, 4.69) is 11.9 Å². The van der Waals surface area contributed by atoms with Crippen molar-refractivity contribution in [2.75, 3.05) is 20.1 Å². The first-order valence-corrected chi connectivity index (χ1v) is 4.89. The highest BCUT2D eigenvalue weighted by molar-refractivity contribution is 5.73. The molecule has 0 aliphatic rings. The molecule has 0 aromatic carbocycles. The zero-order chi connectivity index (χ0) is 11.7. The molecule has 0 heterocycles. The van der Waals surface area contributed by atoms with E-state index in [1.165, 1.54) is 0 Å². The Labute approximate surface area is 89.8 Å². The number of urea groups is 1. The molecule has 0 atom stereocenters. The van der Waals surface area contributed by atoms with Crippen LogP contribution in [-0.2, 0) is 4.79 Å². The van der Waals surface area contributed by atoms with Gasteiger partial charge in [-0.2, -0.15) is 0 Å². The van der Waals surface area contributed by atoms with Gasteiger partial charge in [0.1, 0.15) is 0 Å². The summed E-state index contributed by atoms with van der Waals surface area (Å²) in [4.78, 5) is 23.1. The molecule has 0 aliphatic carbocycles. The van der Waals surface area contributed by atoms with Crippen LogP contribution in [0, 0.1) is 0 Å². The number of amides is 2. The number of carbonyl (C=O) groups is 2. The molecule has 0 saturated heterocycles. The maximum atomic E-state index is 11.3. The number of carboxylic acid groups (broad SMARTS) is 1. The number of carboxylic acids is 1. The van der Waals surface area contributed by atoms with Crippen molar-refractivity contribution in [1.29, 1.82) is 0 Å². The number of hydrogen-bond acceptors (Lipinski definition) is 2. The van der Waals surface area contributed by atoms with Crippen molar-refractivity contribution in [3.05, 3.63) is 12.7 Å². The molecule has 15 heavy (non-hydrogen) atoms. The first-order chi connectivity index (χ1) is 7.07. The quantitative estimate of drug-likeness (QED) is 0.492. The Kier molecular flexibility index (Phi) is 7.05. The summed E-state index contributed by atoms with van der Waals surface area (Å²) in [6.07, 6.45) is 3.03. The molecular formula is C10H18N2O3. The lowest BCUT2D eigenvalue weighted by Gasteiger charge is -2.16.